The van der Waals surface area contributed by atoms with E-state index in [-0.39, 0.29) is 0 Å². The molecule has 0 N–H and O–H groups in total. The standard InChI is InChI=1S/C8H7BrO/c9-7-3-1-2-6(4-7)8-5-10-8/h1-4,8H,5H2/t8-/m0/s1. The van der Waals surface area contributed by atoms with Crippen molar-refractivity contribution in [2.75, 3.05) is 6.61 Å². The monoisotopic (exact) mass is 198 g/mol. The van der Waals surface area contributed by atoms with Crippen molar-refractivity contribution >= 4 is 15.9 Å². The molecule has 10 heavy (non-hydrogen) atoms. The van der Waals surface area contributed by atoms with Crippen molar-refractivity contribution in [3.63, 3.8) is 0 Å². The average molecular weight is 199 g/mol. The van der Waals surface area contributed by atoms with Gasteiger partial charge in [-0.05, 0) is 17.7 Å². The summed E-state index contributed by atoms with van der Waals surface area (Å²) in [6.45, 7) is 0.885. The quantitative estimate of drug-likeness (QED) is 0.633. The molecule has 1 aromatic carbocycles. The first-order chi connectivity index (χ1) is 4.86. The normalized spacial score (nSPS) is 22.7. The fourth-order valence-corrected chi connectivity index (χ4v) is 1.36. The molecule has 0 aromatic heterocycles. The Morgan fingerprint density at radius 2 is 2.30 bits per heavy atom. The Balaban J connectivity index is 2.32. The van der Waals surface area contributed by atoms with Gasteiger partial charge in [0.25, 0.3) is 0 Å². The molecule has 2 rings (SSSR count). The predicted molar refractivity (Wildman–Crippen MR) is 42.8 cm³/mol. The number of benzene rings is 1. The van der Waals surface area contributed by atoms with E-state index in [0.29, 0.717) is 6.10 Å². The molecule has 0 amide bonds. The topological polar surface area (TPSA) is 12.5 Å². The van der Waals surface area contributed by atoms with Crippen LogP contribution in [0.2, 0.25) is 0 Å². The van der Waals surface area contributed by atoms with E-state index in [1.54, 1.807) is 0 Å². The lowest BCUT2D eigenvalue weighted by atomic mass is 10.2. The molecule has 1 heterocycles. The summed E-state index contributed by atoms with van der Waals surface area (Å²) in [4.78, 5) is 0. The summed E-state index contributed by atoms with van der Waals surface area (Å²) in [5.41, 5.74) is 1.27. The Kier molecular flexibility index (Phi) is 1.51. The first-order valence-corrected chi connectivity index (χ1v) is 4.02. The summed E-state index contributed by atoms with van der Waals surface area (Å²) in [5.74, 6) is 0. The Morgan fingerprint density at radius 3 is 2.90 bits per heavy atom. The Labute approximate surface area is 68.1 Å². The van der Waals surface area contributed by atoms with Crippen molar-refractivity contribution in [1.82, 2.24) is 0 Å². The first kappa shape index (κ1) is 6.38. The highest BCUT2D eigenvalue weighted by atomic mass is 79.9. The molecule has 1 saturated heterocycles. The van der Waals surface area contributed by atoms with Crippen LogP contribution in [0.1, 0.15) is 11.7 Å². The van der Waals surface area contributed by atoms with E-state index in [1.165, 1.54) is 5.56 Å². The van der Waals surface area contributed by atoms with Gasteiger partial charge < -0.3 is 4.74 Å². The Hall–Kier alpha value is -0.340. The van der Waals surface area contributed by atoms with E-state index in [4.69, 9.17) is 4.74 Å². The van der Waals surface area contributed by atoms with Gasteiger partial charge in [0.05, 0.1) is 6.61 Å². The van der Waals surface area contributed by atoms with Crippen LogP contribution >= 0.6 is 15.9 Å². The molecule has 0 unspecified atom stereocenters. The smallest absolute Gasteiger partial charge is 0.106 e. The average Bonchev–Trinajstić information content (AvgIpc) is 2.68. The summed E-state index contributed by atoms with van der Waals surface area (Å²) in [6, 6.07) is 8.23. The van der Waals surface area contributed by atoms with Gasteiger partial charge in [-0.2, -0.15) is 0 Å². The summed E-state index contributed by atoms with van der Waals surface area (Å²) in [6.07, 6.45) is 0.373. The lowest BCUT2D eigenvalue weighted by Crippen LogP contribution is -1.77. The van der Waals surface area contributed by atoms with Crippen LogP contribution in [-0.2, 0) is 4.74 Å². The largest absolute Gasteiger partial charge is 0.368 e. The van der Waals surface area contributed by atoms with Gasteiger partial charge in [0, 0.05) is 4.47 Å². The Bertz CT molecular complexity index is 243. The van der Waals surface area contributed by atoms with Crippen LogP contribution in [0.5, 0.6) is 0 Å². The number of rotatable bonds is 1. The fraction of sp³-hybridized carbons (Fsp3) is 0.250. The van der Waals surface area contributed by atoms with Crippen molar-refractivity contribution in [2.24, 2.45) is 0 Å². The molecular formula is C8H7BrO. The molecule has 0 bridgehead atoms. The lowest BCUT2D eigenvalue weighted by molar-refractivity contribution is 0.415. The number of ether oxygens (including phenoxy) is 1. The second-order valence-corrected chi connectivity index (χ2v) is 3.29. The molecule has 1 aliphatic rings. The van der Waals surface area contributed by atoms with Crippen LogP contribution in [0, 0.1) is 0 Å². The van der Waals surface area contributed by atoms with E-state index in [0.717, 1.165) is 11.1 Å². The highest BCUT2D eigenvalue weighted by Crippen LogP contribution is 2.30. The zero-order valence-corrected chi connectivity index (χ0v) is 6.97. The van der Waals surface area contributed by atoms with Crippen molar-refractivity contribution in [1.29, 1.82) is 0 Å². The fourth-order valence-electron chi connectivity index (χ4n) is 0.947. The summed E-state index contributed by atoms with van der Waals surface area (Å²) in [7, 11) is 0. The molecule has 1 fully saturated rings. The van der Waals surface area contributed by atoms with E-state index in [9.17, 15) is 0 Å². The molecule has 2 heteroatoms. The van der Waals surface area contributed by atoms with Crippen LogP contribution in [0.25, 0.3) is 0 Å². The molecule has 52 valence electrons. The van der Waals surface area contributed by atoms with Gasteiger partial charge >= 0.3 is 0 Å². The molecule has 0 aliphatic carbocycles. The van der Waals surface area contributed by atoms with Crippen LogP contribution < -0.4 is 0 Å². The number of hydrogen-bond donors (Lipinski definition) is 0. The molecule has 1 nitrogen and oxygen atoms in total. The van der Waals surface area contributed by atoms with Gasteiger partial charge in [0.2, 0.25) is 0 Å². The van der Waals surface area contributed by atoms with Gasteiger partial charge in [-0.25, -0.2) is 0 Å². The summed E-state index contributed by atoms with van der Waals surface area (Å²) in [5, 5.41) is 0. The summed E-state index contributed by atoms with van der Waals surface area (Å²) < 4.78 is 6.25. The van der Waals surface area contributed by atoms with Gasteiger partial charge in [-0.1, -0.05) is 28.1 Å². The lowest BCUT2D eigenvalue weighted by Gasteiger charge is -1.94. The van der Waals surface area contributed by atoms with Crippen LogP contribution in [-0.4, -0.2) is 6.61 Å². The van der Waals surface area contributed by atoms with E-state index in [2.05, 4.69) is 28.1 Å². The minimum atomic E-state index is 0.373. The minimum Gasteiger partial charge on any atom is -0.368 e. The van der Waals surface area contributed by atoms with E-state index >= 15 is 0 Å². The molecule has 1 aliphatic heterocycles. The number of hydrogen-bond acceptors (Lipinski definition) is 1. The highest BCUT2D eigenvalue weighted by molar-refractivity contribution is 9.10. The second-order valence-electron chi connectivity index (χ2n) is 2.38. The van der Waals surface area contributed by atoms with E-state index in [1.807, 2.05) is 12.1 Å². The third kappa shape index (κ3) is 1.22. The first-order valence-electron chi connectivity index (χ1n) is 3.23. The zero-order valence-electron chi connectivity index (χ0n) is 5.38. The third-order valence-electron chi connectivity index (χ3n) is 1.55. The third-order valence-corrected chi connectivity index (χ3v) is 2.05. The molecule has 1 aromatic rings. The molecule has 1 atom stereocenters. The number of halogens is 1. The van der Waals surface area contributed by atoms with Gasteiger partial charge in [0.15, 0.2) is 0 Å². The maximum atomic E-state index is 5.13. The van der Waals surface area contributed by atoms with E-state index < -0.39 is 0 Å². The van der Waals surface area contributed by atoms with Crippen molar-refractivity contribution in [3.8, 4) is 0 Å². The maximum Gasteiger partial charge on any atom is 0.106 e. The Morgan fingerprint density at radius 1 is 1.50 bits per heavy atom. The zero-order chi connectivity index (χ0) is 6.97. The van der Waals surface area contributed by atoms with Crippen molar-refractivity contribution in [2.45, 2.75) is 6.10 Å². The highest BCUT2D eigenvalue weighted by Gasteiger charge is 2.24. The summed E-state index contributed by atoms with van der Waals surface area (Å²) >= 11 is 3.40. The van der Waals surface area contributed by atoms with Gasteiger partial charge in [-0.15, -0.1) is 0 Å². The van der Waals surface area contributed by atoms with Gasteiger partial charge in [0.1, 0.15) is 6.10 Å². The molecule has 0 spiro atoms. The predicted octanol–water partition coefficient (Wildman–Crippen LogP) is 2.52. The molecular weight excluding hydrogens is 192 g/mol. The second kappa shape index (κ2) is 2.36. The van der Waals surface area contributed by atoms with Crippen LogP contribution in [0.4, 0.5) is 0 Å². The molecule has 0 radical (unpaired) electrons. The van der Waals surface area contributed by atoms with Crippen molar-refractivity contribution < 1.29 is 4.74 Å². The van der Waals surface area contributed by atoms with Gasteiger partial charge in [-0.3, -0.25) is 0 Å². The minimum absolute atomic E-state index is 0.373. The van der Waals surface area contributed by atoms with Crippen LogP contribution in [0.15, 0.2) is 28.7 Å². The number of epoxide rings is 1. The van der Waals surface area contributed by atoms with Crippen molar-refractivity contribution in [3.05, 3.63) is 34.3 Å². The SMILES string of the molecule is Brc1cccc([C@@H]2CO2)c1. The maximum absolute atomic E-state index is 5.13. The molecule has 0 saturated carbocycles. The van der Waals surface area contributed by atoms with Crippen LogP contribution in [0.3, 0.4) is 0 Å².